The van der Waals surface area contributed by atoms with Crippen LogP contribution in [0.1, 0.15) is 23.6 Å². The van der Waals surface area contributed by atoms with Gasteiger partial charge in [-0.25, -0.2) is 4.98 Å². The van der Waals surface area contributed by atoms with Crippen LogP contribution in [-0.2, 0) is 17.8 Å². The molecule has 2 aromatic carbocycles. The van der Waals surface area contributed by atoms with Crippen LogP contribution in [-0.4, -0.2) is 46.6 Å². The lowest BCUT2D eigenvalue weighted by Gasteiger charge is -2.39. The van der Waals surface area contributed by atoms with Crippen LogP contribution in [0.4, 0.5) is 5.13 Å². The summed E-state index contributed by atoms with van der Waals surface area (Å²) in [6.07, 6.45) is 0.0699. The molecule has 1 aliphatic rings. The summed E-state index contributed by atoms with van der Waals surface area (Å²) in [6, 6.07) is 12.3. The number of fused-ring (bicyclic) bond motifs is 1. The van der Waals surface area contributed by atoms with E-state index in [1.807, 2.05) is 37.3 Å². The van der Waals surface area contributed by atoms with Crippen LogP contribution in [0.15, 0.2) is 36.4 Å². The maximum atomic E-state index is 11.1. The van der Waals surface area contributed by atoms with E-state index in [9.17, 15) is 4.79 Å². The fourth-order valence-corrected chi connectivity index (χ4v) is 5.41. The third kappa shape index (κ3) is 4.71. The van der Waals surface area contributed by atoms with Gasteiger partial charge in [0.2, 0.25) is 0 Å². The van der Waals surface area contributed by atoms with Gasteiger partial charge in [-0.2, -0.15) is 0 Å². The lowest BCUT2D eigenvalue weighted by Crippen LogP contribution is -2.51. The molecule has 0 amide bonds. The highest BCUT2D eigenvalue weighted by Gasteiger charge is 2.26. The second-order valence-corrected chi connectivity index (χ2v) is 9.23. The number of carboxylic acids is 1. The summed E-state index contributed by atoms with van der Waals surface area (Å²) < 4.78 is 1.12. The minimum atomic E-state index is -0.791. The van der Waals surface area contributed by atoms with Gasteiger partial charge in [-0.05, 0) is 43.2 Å². The molecule has 0 bridgehead atoms. The summed E-state index contributed by atoms with van der Waals surface area (Å²) >= 11 is 7.81. The fraction of sp³-hybridized carbons (Fsp3) is 0.364. The van der Waals surface area contributed by atoms with Crippen molar-refractivity contribution < 1.29 is 9.90 Å². The van der Waals surface area contributed by atoms with Crippen molar-refractivity contribution in [3.63, 3.8) is 0 Å². The summed E-state index contributed by atoms with van der Waals surface area (Å²) in [4.78, 5) is 20.7. The number of carbonyl (C=O) groups is 1. The summed E-state index contributed by atoms with van der Waals surface area (Å²) in [5.41, 5.74) is 4.15. The highest BCUT2D eigenvalue weighted by atomic mass is 35.5. The molecule has 29 heavy (non-hydrogen) atoms. The Morgan fingerprint density at radius 3 is 2.79 bits per heavy atom. The Balaban J connectivity index is 1.45. The molecule has 0 aliphatic carbocycles. The van der Waals surface area contributed by atoms with Gasteiger partial charge in [-0.3, -0.25) is 9.69 Å². The van der Waals surface area contributed by atoms with E-state index in [-0.39, 0.29) is 6.42 Å². The largest absolute Gasteiger partial charge is 0.481 e. The summed E-state index contributed by atoms with van der Waals surface area (Å²) in [5.74, 6) is -0.791. The molecule has 7 heteroatoms. The number of aliphatic carboxylic acids is 1. The number of halogens is 1. The van der Waals surface area contributed by atoms with Crippen molar-refractivity contribution in [3.05, 3.63) is 58.1 Å². The van der Waals surface area contributed by atoms with Crippen molar-refractivity contribution in [2.75, 3.05) is 24.5 Å². The second-order valence-electron chi connectivity index (χ2n) is 7.78. The van der Waals surface area contributed by atoms with Gasteiger partial charge < -0.3 is 10.0 Å². The number of piperazine rings is 1. The first-order valence-corrected chi connectivity index (χ1v) is 10.9. The van der Waals surface area contributed by atoms with Crippen molar-refractivity contribution in [3.8, 4) is 0 Å². The monoisotopic (exact) mass is 429 g/mol. The number of aromatic nitrogens is 1. The Morgan fingerprint density at radius 1 is 1.24 bits per heavy atom. The molecule has 0 radical (unpaired) electrons. The third-order valence-corrected chi connectivity index (χ3v) is 6.55. The third-order valence-electron chi connectivity index (χ3n) is 5.25. The van der Waals surface area contributed by atoms with Crippen LogP contribution in [0.3, 0.4) is 0 Å². The Morgan fingerprint density at radius 2 is 2.03 bits per heavy atom. The van der Waals surface area contributed by atoms with Gasteiger partial charge in [-0.15, -0.1) is 0 Å². The molecule has 0 saturated carbocycles. The van der Waals surface area contributed by atoms with E-state index in [4.69, 9.17) is 21.7 Å². The standard InChI is InChI=1S/C22H24ClN3O2S/c1-14-7-16(10-21(27)28)9-17(8-14)13-25-5-6-26(15(2)12-25)22-24-19-4-3-18(23)11-20(19)29-22/h3-4,7-9,11,15H,5-6,10,12-13H2,1-2H3,(H,27,28)/t15-/m0/s1. The van der Waals surface area contributed by atoms with E-state index < -0.39 is 5.97 Å². The van der Waals surface area contributed by atoms with E-state index in [1.165, 1.54) is 5.56 Å². The average Bonchev–Trinajstić information content (AvgIpc) is 3.03. The van der Waals surface area contributed by atoms with Crippen molar-refractivity contribution in [1.82, 2.24) is 9.88 Å². The first-order valence-electron chi connectivity index (χ1n) is 9.74. The first-order chi connectivity index (χ1) is 13.9. The van der Waals surface area contributed by atoms with Gasteiger partial charge in [0.05, 0.1) is 16.6 Å². The van der Waals surface area contributed by atoms with Crippen LogP contribution in [0.2, 0.25) is 5.02 Å². The zero-order valence-electron chi connectivity index (χ0n) is 16.6. The highest BCUT2D eigenvalue weighted by molar-refractivity contribution is 7.22. The molecule has 0 unspecified atom stereocenters. The minimum Gasteiger partial charge on any atom is -0.481 e. The molecule has 1 atom stereocenters. The van der Waals surface area contributed by atoms with E-state index >= 15 is 0 Å². The summed E-state index contributed by atoms with van der Waals surface area (Å²) in [5, 5.41) is 10.9. The van der Waals surface area contributed by atoms with Gasteiger partial charge in [0.15, 0.2) is 5.13 Å². The van der Waals surface area contributed by atoms with Crippen molar-refractivity contribution in [1.29, 1.82) is 0 Å². The molecule has 1 aliphatic heterocycles. The molecule has 1 saturated heterocycles. The fourth-order valence-electron chi connectivity index (χ4n) is 4.04. The van der Waals surface area contributed by atoms with Crippen molar-refractivity contribution >= 4 is 44.3 Å². The molecule has 4 rings (SSSR count). The highest BCUT2D eigenvalue weighted by Crippen LogP contribution is 2.32. The van der Waals surface area contributed by atoms with E-state index in [0.29, 0.717) is 6.04 Å². The number of aryl methyl sites for hydroxylation is 1. The van der Waals surface area contributed by atoms with E-state index in [0.717, 1.165) is 57.7 Å². The lowest BCUT2D eigenvalue weighted by molar-refractivity contribution is -0.136. The number of anilines is 1. The second kappa shape index (κ2) is 8.30. The molecule has 3 aromatic rings. The van der Waals surface area contributed by atoms with Gasteiger partial charge in [0.1, 0.15) is 0 Å². The Hall–Kier alpha value is -2.15. The summed E-state index contributed by atoms with van der Waals surface area (Å²) in [7, 11) is 0. The number of carboxylic acid groups (broad SMARTS) is 1. The number of rotatable bonds is 5. The molecule has 1 fully saturated rings. The predicted octanol–water partition coefficient (Wildman–Crippen LogP) is 4.60. The van der Waals surface area contributed by atoms with Gasteiger partial charge >= 0.3 is 5.97 Å². The Bertz CT molecular complexity index is 1050. The van der Waals surface area contributed by atoms with Crippen LogP contribution in [0.5, 0.6) is 0 Å². The number of hydrogen-bond acceptors (Lipinski definition) is 5. The Kier molecular flexibility index (Phi) is 5.76. The zero-order chi connectivity index (χ0) is 20.5. The van der Waals surface area contributed by atoms with Crippen LogP contribution in [0.25, 0.3) is 10.2 Å². The lowest BCUT2D eigenvalue weighted by atomic mass is 10.0. The number of benzene rings is 2. The van der Waals surface area contributed by atoms with Crippen LogP contribution < -0.4 is 4.90 Å². The molecular formula is C22H24ClN3O2S. The summed E-state index contributed by atoms with van der Waals surface area (Å²) in [6.45, 7) is 7.90. The molecule has 152 valence electrons. The number of thiazole rings is 1. The minimum absolute atomic E-state index is 0.0699. The first kappa shape index (κ1) is 20.1. The van der Waals surface area contributed by atoms with Crippen LogP contribution >= 0.6 is 22.9 Å². The molecule has 5 nitrogen and oxygen atoms in total. The van der Waals surface area contributed by atoms with Gasteiger partial charge in [0, 0.05) is 37.2 Å². The number of nitrogens with zero attached hydrogens (tertiary/aromatic N) is 3. The maximum absolute atomic E-state index is 11.1. The average molecular weight is 430 g/mol. The van der Waals surface area contributed by atoms with Gasteiger partial charge in [-0.1, -0.05) is 46.7 Å². The van der Waals surface area contributed by atoms with Crippen LogP contribution in [0, 0.1) is 6.92 Å². The van der Waals surface area contributed by atoms with Crippen molar-refractivity contribution in [2.24, 2.45) is 0 Å². The molecule has 1 aromatic heterocycles. The normalized spacial score (nSPS) is 17.8. The SMILES string of the molecule is Cc1cc(CC(=O)O)cc(CN2CCN(c3nc4ccc(Cl)cc4s3)[C@@H](C)C2)c1. The zero-order valence-corrected chi connectivity index (χ0v) is 18.1. The molecule has 1 N–H and O–H groups in total. The van der Waals surface area contributed by atoms with Gasteiger partial charge in [0.25, 0.3) is 0 Å². The molecule has 0 spiro atoms. The molecule has 2 heterocycles. The maximum Gasteiger partial charge on any atom is 0.307 e. The number of hydrogen-bond donors (Lipinski definition) is 1. The smallest absolute Gasteiger partial charge is 0.307 e. The Labute approximate surface area is 179 Å². The topological polar surface area (TPSA) is 56.7 Å². The quantitative estimate of drug-likeness (QED) is 0.642. The van der Waals surface area contributed by atoms with E-state index in [1.54, 1.807) is 11.3 Å². The predicted molar refractivity (Wildman–Crippen MR) is 119 cm³/mol. The van der Waals surface area contributed by atoms with E-state index in [2.05, 4.69) is 22.8 Å². The van der Waals surface area contributed by atoms with Crippen molar-refractivity contribution in [2.45, 2.75) is 32.9 Å². The molecular weight excluding hydrogens is 406 g/mol.